The molecule has 4 nitrogen and oxygen atoms in total. The first-order chi connectivity index (χ1) is 12.3. The van der Waals surface area contributed by atoms with Crippen LogP contribution in [0.4, 0.5) is 0 Å². The quantitative estimate of drug-likeness (QED) is 0.422. The summed E-state index contributed by atoms with van der Waals surface area (Å²) in [7, 11) is 0. The van der Waals surface area contributed by atoms with Crippen LogP contribution in [0.25, 0.3) is 6.08 Å². The van der Waals surface area contributed by atoms with Gasteiger partial charge in [0.2, 0.25) is 0 Å². The van der Waals surface area contributed by atoms with Crippen molar-refractivity contribution in [3.63, 3.8) is 0 Å². The molecule has 0 bridgehead atoms. The molecule has 2 aromatic rings. The maximum absolute atomic E-state index is 12.1. The molecule has 3 rings (SSSR count). The van der Waals surface area contributed by atoms with E-state index in [1.54, 1.807) is 6.08 Å². The van der Waals surface area contributed by atoms with Gasteiger partial charge in [0.25, 0.3) is 0 Å². The summed E-state index contributed by atoms with van der Waals surface area (Å²) >= 11 is 0. The standard InChI is InChI=1S/C21H21NO3/c1-2-3-9-14-24-19-13-8-7-12-17(19)15-18-20(22-25-21(18)23)16-10-5-4-6-11-16/h4-8,10-13,15H,2-3,9,14H2,1H3/b18-15+. The number of para-hydroxylation sites is 1. The van der Waals surface area contributed by atoms with Crippen LogP contribution < -0.4 is 4.74 Å². The second-order valence-corrected chi connectivity index (χ2v) is 5.84. The van der Waals surface area contributed by atoms with Crippen LogP contribution in [0.3, 0.4) is 0 Å². The number of oxime groups is 1. The van der Waals surface area contributed by atoms with E-state index in [0.29, 0.717) is 17.9 Å². The number of hydrogen-bond donors (Lipinski definition) is 0. The van der Waals surface area contributed by atoms with E-state index in [1.165, 1.54) is 0 Å². The molecule has 0 amide bonds. The zero-order valence-corrected chi connectivity index (χ0v) is 14.3. The Hall–Kier alpha value is -2.88. The smallest absolute Gasteiger partial charge is 0.368 e. The third kappa shape index (κ3) is 4.15. The molecule has 25 heavy (non-hydrogen) atoms. The Morgan fingerprint density at radius 3 is 2.60 bits per heavy atom. The predicted molar refractivity (Wildman–Crippen MR) is 98.5 cm³/mol. The molecule has 0 fully saturated rings. The zero-order chi connectivity index (χ0) is 17.5. The second kappa shape index (κ2) is 8.29. The molecule has 4 heteroatoms. The Bertz CT molecular complexity index is 794. The Balaban J connectivity index is 1.86. The van der Waals surface area contributed by atoms with Gasteiger partial charge in [-0.15, -0.1) is 0 Å². The summed E-state index contributed by atoms with van der Waals surface area (Å²) in [6.07, 6.45) is 5.09. The molecule has 0 saturated heterocycles. The van der Waals surface area contributed by atoms with Crippen molar-refractivity contribution in [1.29, 1.82) is 0 Å². The summed E-state index contributed by atoms with van der Waals surface area (Å²) in [5.74, 6) is 0.317. The lowest BCUT2D eigenvalue weighted by molar-refractivity contribution is -0.136. The molecule has 0 unspecified atom stereocenters. The number of carbonyl (C=O) groups excluding carboxylic acids is 1. The maximum Gasteiger partial charge on any atom is 0.368 e. The molecule has 1 heterocycles. The highest BCUT2D eigenvalue weighted by atomic mass is 16.7. The van der Waals surface area contributed by atoms with Crippen LogP contribution >= 0.6 is 0 Å². The number of rotatable bonds is 7. The van der Waals surface area contributed by atoms with Crippen LogP contribution in [-0.2, 0) is 9.63 Å². The molecule has 0 saturated carbocycles. The van der Waals surface area contributed by atoms with Crippen molar-refractivity contribution in [2.24, 2.45) is 5.16 Å². The summed E-state index contributed by atoms with van der Waals surface area (Å²) in [5, 5.41) is 3.94. The Labute approximate surface area is 147 Å². The molecule has 0 atom stereocenters. The van der Waals surface area contributed by atoms with Gasteiger partial charge in [-0.25, -0.2) is 4.79 Å². The fourth-order valence-electron chi connectivity index (χ4n) is 2.63. The van der Waals surface area contributed by atoms with Gasteiger partial charge in [0.1, 0.15) is 11.5 Å². The second-order valence-electron chi connectivity index (χ2n) is 5.84. The molecule has 0 N–H and O–H groups in total. The molecule has 2 aromatic carbocycles. The fourth-order valence-corrected chi connectivity index (χ4v) is 2.63. The normalized spacial score (nSPS) is 15.2. The van der Waals surface area contributed by atoms with Gasteiger partial charge in [0.15, 0.2) is 0 Å². The summed E-state index contributed by atoms with van der Waals surface area (Å²) in [5.41, 5.74) is 2.68. The van der Waals surface area contributed by atoms with E-state index in [4.69, 9.17) is 9.57 Å². The van der Waals surface area contributed by atoms with Gasteiger partial charge >= 0.3 is 5.97 Å². The topological polar surface area (TPSA) is 47.9 Å². The average Bonchev–Trinajstić information content (AvgIpc) is 3.01. The van der Waals surface area contributed by atoms with Gasteiger partial charge in [0, 0.05) is 11.1 Å². The van der Waals surface area contributed by atoms with E-state index in [0.717, 1.165) is 36.1 Å². The van der Waals surface area contributed by atoms with Crippen LogP contribution in [0, 0.1) is 0 Å². The largest absolute Gasteiger partial charge is 0.493 e. The van der Waals surface area contributed by atoms with Crippen LogP contribution in [-0.4, -0.2) is 18.3 Å². The highest BCUT2D eigenvalue weighted by molar-refractivity contribution is 6.31. The van der Waals surface area contributed by atoms with E-state index >= 15 is 0 Å². The minimum atomic E-state index is -0.445. The molecule has 0 radical (unpaired) electrons. The molecule has 0 aromatic heterocycles. The lowest BCUT2D eigenvalue weighted by Gasteiger charge is -2.09. The van der Waals surface area contributed by atoms with Crippen molar-refractivity contribution in [2.45, 2.75) is 26.2 Å². The fraction of sp³-hybridized carbons (Fsp3) is 0.238. The van der Waals surface area contributed by atoms with Crippen molar-refractivity contribution < 1.29 is 14.4 Å². The van der Waals surface area contributed by atoms with Gasteiger partial charge in [-0.05, 0) is 18.6 Å². The van der Waals surface area contributed by atoms with E-state index in [1.807, 2.05) is 54.6 Å². The predicted octanol–water partition coefficient (Wildman–Crippen LogP) is 4.60. The molecule has 0 spiro atoms. The van der Waals surface area contributed by atoms with Crippen LogP contribution in [0.15, 0.2) is 65.3 Å². The highest BCUT2D eigenvalue weighted by Gasteiger charge is 2.27. The number of unbranched alkanes of at least 4 members (excludes halogenated alkanes) is 2. The van der Waals surface area contributed by atoms with Gasteiger partial charge in [0.05, 0.1) is 12.2 Å². The van der Waals surface area contributed by atoms with E-state index in [9.17, 15) is 4.79 Å². The summed E-state index contributed by atoms with van der Waals surface area (Å²) in [6.45, 7) is 2.83. The van der Waals surface area contributed by atoms with Crippen molar-refractivity contribution in [2.75, 3.05) is 6.61 Å². The third-order valence-electron chi connectivity index (χ3n) is 3.97. The number of hydrogen-bond acceptors (Lipinski definition) is 4. The Morgan fingerprint density at radius 2 is 1.80 bits per heavy atom. The number of ether oxygens (including phenoxy) is 1. The molecule has 1 aliphatic heterocycles. The van der Waals surface area contributed by atoms with Crippen molar-refractivity contribution in [1.82, 2.24) is 0 Å². The SMILES string of the molecule is CCCCCOc1ccccc1/C=C1/C(=O)ON=C1c1ccccc1. The minimum Gasteiger partial charge on any atom is -0.493 e. The molecular weight excluding hydrogens is 314 g/mol. The van der Waals surface area contributed by atoms with Gasteiger partial charge in [-0.3, -0.25) is 0 Å². The van der Waals surface area contributed by atoms with Gasteiger partial charge in [-0.2, -0.15) is 0 Å². The number of nitrogens with zero attached hydrogens (tertiary/aromatic N) is 1. The number of benzene rings is 2. The van der Waals surface area contributed by atoms with Crippen LogP contribution in [0.5, 0.6) is 5.75 Å². The molecule has 128 valence electrons. The Morgan fingerprint density at radius 1 is 1.04 bits per heavy atom. The molecule has 1 aliphatic rings. The summed E-state index contributed by atoms with van der Waals surface area (Å²) < 4.78 is 5.89. The maximum atomic E-state index is 12.1. The zero-order valence-electron chi connectivity index (χ0n) is 14.3. The average molecular weight is 335 g/mol. The van der Waals surface area contributed by atoms with Crippen LogP contribution in [0.1, 0.15) is 37.3 Å². The first-order valence-corrected chi connectivity index (χ1v) is 8.58. The summed E-state index contributed by atoms with van der Waals surface area (Å²) in [6, 6.07) is 17.2. The molecule has 0 aliphatic carbocycles. The first-order valence-electron chi connectivity index (χ1n) is 8.58. The van der Waals surface area contributed by atoms with Gasteiger partial charge < -0.3 is 9.57 Å². The monoisotopic (exact) mass is 335 g/mol. The van der Waals surface area contributed by atoms with Gasteiger partial charge in [-0.1, -0.05) is 73.5 Å². The van der Waals surface area contributed by atoms with Crippen LogP contribution in [0.2, 0.25) is 0 Å². The van der Waals surface area contributed by atoms with Crippen molar-refractivity contribution >= 4 is 17.8 Å². The Kier molecular flexibility index (Phi) is 5.62. The number of carbonyl (C=O) groups is 1. The van der Waals surface area contributed by atoms with Crippen molar-refractivity contribution in [3.8, 4) is 5.75 Å². The highest BCUT2D eigenvalue weighted by Crippen LogP contribution is 2.25. The third-order valence-corrected chi connectivity index (χ3v) is 3.97. The lowest BCUT2D eigenvalue weighted by Crippen LogP contribution is -2.07. The first kappa shape index (κ1) is 17.0. The van der Waals surface area contributed by atoms with E-state index in [-0.39, 0.29) is 0 Å². The van der Waals surface area contributed by atoms with E-state index in [2.05, 4.69) is 12.1 Å². The minimum absolute atomic E-state index is 0.441. The van der Waals surface area contributed by atoms with Crippen molar-refractivity contribution in [3.05, 3.63) is 71.3 Å². The molecular formula is C21H21NO3. The summed E-state index contributed by atoms with van der Waals surface area (Å²) in [4.78, 5) is 17.0. The lowest BCUT2D eigenvalue weighted by atomic mass is 10.0. The van der Waals surface area contributed by atoms with E-state index < -0.39 is 5.97 Å².